The van der Waals surface area contributed by atoms with Crippen LogP contribution in [0.2, 0.25) is 0 Å². The normalized spacial score (nSPS) is 30.1. The number of epoxide rings is 1. The number of esters is 1. The fourth-order valence-electron chi connectivity index (χ4n) is 1.70. The second-order valence-corrected chi connectivity index (χ2v) is 3.75. The Morgan fingerprint density at radius 2 is 2.14 bits per heavy atom. The second kappa shape index (κ2) is 4.78. The highest BCUT2D eigenvalue weighted by Gasteiger charge is 2.61. The first-order chi connectivity index (χ1) is 6.71. The van der Waals surface area contributed by atoms with Crippen LogP contribution in [0.5, 0.6) is 0 Å². The van der Waals surface area contributed by atoms with Crippen molar-refractivity contribution < 1.29 is 14.3 Å². The Balaban J connectivity index is 2.36. The highest BCUT2D eigenvalue weighted by Crippen LogP contribution is 2.42. The molecule has 0 N–H and O–H groups in total. The fourth-order valence-corrected chi connectivity index (χ4v) is 1.70. The lowest BCUT2D eigenvalue weighted by Crippen LogP contribution is -2.29. The third-order valence-corrected chi connectivity index (χ3v) is 2.79. The molecule has 0 aromatic heterocycles. The maximum atomic E-state index is 11.7. The van der Waals surface area contributed by atoms with Gasteiger partial charge in [-0.1, -0.05) is 27.2 Å². The van der Waals surface area contributed by atoms with Crippen molar-refractivity contribution in [3.8, 4) is 0 Å². The molecular formula is C11H20O3. The Bertz CT molecular complexity index is 203. The zero-order chi connectivity index (χ0) is 10.6. The van der Waals surface area contributed by atoms with Crippen LogP contribution in [0, 0.1) is 0 Å². The molecular weight excluding hydrogens is 180 g/mol. The van der Waals surface area contributed by atoms with Gasteiger partial charge in [-0.05, 0) is 19.3 Å². The molecule has 82 valence electrons. The van der Waals surface area contributed by atoms with Gasteiger partial charge in [0.15, 0.2) is 5.60 Å². The van der Waals surface area contributed by atoms with Crippen LogP contribution in [0.3, 0.4) is 0 Å². The molecule has 0 spiro atoms. The summed E-state index contributed by atoms with van der Waals surface area (Å²) in [5.74, 6) is -0.166. The average molecular weight is 200 g/mol. The summed E-state index contributed by atoms with van der Waals surface area (Å²) in [7, 11) is 0. The van der Waals surface area contributed by atoms with Crippen LogP contribution in [0.1, 0.15) is 46.5 Å². The first kappa shape index (κ1) is 11.5. The van der Waals surface area contributed by atoms with Crippen LogP contribution in [0.15, 0.2) is 0 Å². The Morgan fingerprint density at radius 1 is 1.43 bits per heavy atom. The summed E-state index contributed by atoms with van der Waals surface area (Å²) in [4.78, 5) is 11.7. The molecule has 0 bridgehead atoms. The SMILES string of the molecule is CCCCOC(=O)C1(CC)OC1CC. The zero-order valence-electron chi connectivity index (χ0n) is 9.34. The van der Waals surface area contributed by atoms with Crippen molar-refractivity contribution in [2.45, 2.75) is 58.2 Å². The molecule has 0 aliphatic carbocycles. The number of hydrogen-bond donors (Lipinski definition) is 0. The van der Waals surface area contributed by atoms with E-state index in [9.17, 15) is 4.79 Å². The van der Waals surface area contributed by atoms with Crippen molar-refractivity contribution in [1.29, 1.82) is 0 Å². The van der Waals surface area contributed by atoms with Crippen molar-refractivity contribution in [3.63, 3.8) is 0 Å². The molecule has 0 amide bonds. The van der Waals surface area contributed by atoms with Gasteiger partial charge in [0, 0.05) is 0 Å². The number of ether oxygens (including phenoxy) is 2. The number of rotatable bonds is 6. The van der Waals surface area contributed by atoms with E-state index < -0.39 is 5.60 Å². The summed E-state index contributed by atoms with van der Waals surface area (Å²) in [5.41, 5.74) is -0.595. The van der Waals surface area contributed by atoms with Gasteiger partial charge in [-0.2, -0.15) is 0 Å². The first-order valence-corrected chi connectivity index (χ1v) is 5.56. The summed E-state index contributed by atoms with van der Waals surface area (Å²) < 4.78 is 10.6. The average Bonchev–Trinajstić information content (AvgIpc) is 2.93. The Morgan fingerprint density at radius 3 is 2.57 bits per heavy atom. The van der Waals surface area contributed by atoms with Crippen molar-refractivity contribution >= 4 is 5.97 Å². The number of hydrogen-bond acceptors (Lipinski definition) is 3. The topological polar surface area (TPSA) is 38.8 Å². The van der Waals surface area contributed by atoms with Crippen LogP contribution in [0.4, 0.5) is 0 Å². The molecule has 0 aromatic rings. The molecule has 1 aliphatic heterocycles. The van der Waals surface area contributed by atoms with Crippen molar-refractivity contribution in [3.05, 3.63) is 0 Å². The summed E-state index contributed by atoms with van der Waals surface area (Å²) in [6, 6.07) is 0. The molecule has 3 heteroatoms. The van der Waals surface area contributed by atoms with Crippen LogP contribution in [0.25, 0.3) is 0 Å². The lowest BCUT2D eigenvalue weighted by Gasteiger charge is -2.09. The molecule has 1 fully saturated rings. The van der Waals surface area contributed by atoms with Crippen LogP contribution < -0.4 is 0 Å². The van der Waals surface area contributed by atoms with Gasteiger partial charge < -0.3 is 9.47 Å². The van der Waals surface area contributed by atoms with Gasteiger partial charge in [0.1, 0.15) is 0 Å². The molecule has 3 nitrogen and oxygen atoms in total. The van der Waals surface area contributed by atoms with E-state index in [2.05, 4.69) is 6.92 Å². The monoisotopic (exact) mass is 200 g/mol. The highest BCUT2D eigenvalue weighted by atomic mass is 16.7. The molecule has 1 heterocycles. The van der Waals surface area contributed by atoms with Gasteiger partial charge in [-0.15, -0.1) is 0 Å². The molecule has 14 heavy (non-hydrogen) atoms. The Hall–Kier alpha value is -0.570. The van der Waals surface area contributed by atoms with E-state index in [1.807, 2.05) is 13.8 Å². The minimum absolute atomic E-state index is 0.0848. The minimum Gasteiger partial charge on any atom is -0.463 e. The molecule has 0 aromatic carbocycles. The van der Waals surface area contributed by atoms with E-state index in [-0.39, 0.29) is 12.1 Å². The quantitative estimate of drug-likeness (QED) is 0.375. The fraction of sp³-hybridized carbons (Fsp3) is 0.909. The third kappa shape index (κ3) is 2.08. The smallest absolute Gasteiger partial charge is 0.341 e. The maximum Gasteiger partial charge on any atom is 0.341 e. The molecule has 0 saturated carbocycles. The predicted molar refractivity (Wildman–Crippen MR) is 54.1 cm³/mol. The Kier molecular flexibility index (Phi) is 3.93. The molecule has 1 saturated heterocycles. The maximum absolute atomic E-state index is 11.7. The number of carbonyl (C=O) groups is 1. The van der Waals surface area contributed by atoms with Gasteiger partial charge in [-0.3, -0.25) is 0 Å². The lowest BCUT2D eigenvalue weighted by atomic mass is 10.0. The van der Waals surface area contributed by atoms with E-state index in [0.29, 0.717) is 6.61 Å². The predicted octanol–water partition coefficient (Wildman–Crippen LogP) is 2.29. The van der Waals surface area contributed by atoms with Gasteiger partial charge in [0.05, 0.1) is 12.7 Å². The lowest BCUT2D eigenvalue weighted by molar-refractivity contribution is -0.150. The van der Waals surface area contributed by atoms with E-state index in [1.54, 1.807) is 0 Å². The van der Waals surface area contributed by atoms with Crippen LogP contribution >= 0.6 is 0 Å². The van der Waals surface area contributed by atoms with Crippen molar-refractivity contribution in [1.82, 2.24) is 0 Å². The zero-order valence-corrected chi connectivity index (χ0v) is 9.34. The largest absolute Gasteiger partial charge is 0.463 e. The molecule has 0 radical (unpaired) electrons. The summed E-state index contributed by atoms with van der Waals surface area (Å²) >= 11 is 0. The third-order valence-electron chi connectivity index (χ3n) is 2.79. The van der Waals surface area contributed by atoms with E-state index in [1.165, 1.54) is 0 Å². The number of carbonyl (C=O) groups excluding carboxylic acids is 1. The van der Waals surface area contributed by atoms with Crippen molar-refractivity contribution in [2.75, 3.05) is 6.61 Å². The molecule has 2 atom stereocenters. The number of unbranched alkanes of at least 4 members (excludes halogenated alkanes) is 1. The first-order valence-electron chi connectivity index (χ1n) is 5.56. The van der Waals surface area contributed by atoms with E-state index in [4.69, 9.17) is 9.47 Å². The summed E-state index contributed by atoms with van der Waals surface area (Å²) in [6.45, 7) is 6.60. The molecule has 2 unspecified atom stereocenters. The standard InChI is InChI=1S/C11H20O3/c1-4-7-8-13-10(12)11(6-3)9(5-2)14-11/h9H,4-8H2,1-3H3. The minimum atomic E-state index is -0.595. The Labute approximate surface area is 85.8 Å². The summed E-state index contributed by atoms with van der Waals surface area (Å²) in [5, 5.41) is 0. The van der Waals surface area contributed by atoms with Crippen LogP contribution in [-0.2, 0) is 14.3 Å². The van der Waals surface area contributed by atoms with Gasteiger partial charge >= 0.3 is 5.97 Å². The molecule has 1 rings (SSSR count). The van der Waals surface area contributed by atoms with Gasteiger partial charge in [0.25, 0.3) is 0 Å². The van der Waals surface area contributed by atoms with Crippen molar-refractivity contribution in [2.24, 2.45) is 0 Å². The van der Waals surface area contributed by atoms with Gasteiger partial charge in [0.2, 0.25) is 0 Å². The van der Waals surface area contributed by atoms with Crippen LogP contribution in [-0.4, -0.2) is 24.3 Å². The second-order valence-electron chi connectivity index (χ2n) is 3.75. The summed E-state index contributed by atoms with van der Waals surface area (Å²) in [6.07, 6.45) is 3.67. The van der Waals surface area contributed by atoms with E-state index >= 15 is 0 Å². The molecule has 1 aliphatic rings. The van der Waals surface area contributed by atoms with Gasteiger partial charge in [-0.25, -0.2) is 4.79 Å². The van der Waals surface area contributed by atoms with E-state index in [0.717, 1.165) is 25.7 Å². The highest BCUT2D eigenvalue weighted by molar-refractivity contribution is 5.83.